The molecule has 0 radical (unpaired) electrons. The molecular formula is C18H16FNO4. The first kappa shape index (κ1) is 16.0. The maximum Gasteiger partial charge on any atom is 0.326 e. The molecule has 0 aliphatic carbocycles. The minimum Gasteiger partial charge on any atom is -0.480 e. The Morgan fingerprint density at radius 2 is 1.62 bits per heavy atom. The predicted octanol–water partition coefficient (Wildman–Crippen LogP) is 3.31. The number of benzene rings is 2. The molecule has 1 atom stereocenters. The van der Waals surface area contributed by atoms with E-state index in [9.17, 15) is 14.0 Å². The Bertz CT molecular complexity index is 743. The Hall–Kier alpha value is -2.89. The molecule has 1 aliphatic rings. The number of rotatable bonds is 4. The topological polar surface area (TPSA) is 66.8 Å². The van der Waals surface area contributed by atoms with E-state index < -0.39 is 12.0 Å². The molecule has 1 heterocycles. The predicted molar refractivity (Wildman–Crippen MR) is 84.6 cm³/mol. The summed E-state index contributed by atoms with van der Waals surface area (Å²) < 4.78 is 18.4. The van der Waals surface area contributed by atoms with E-state index in [1.807, 2.05) is 0 Å². The lowest BCUT2D eigenvalue weighted by molar-refractivity contribution is -0.141. The van der Waals surface area contributed by atoms with Crippen molar-refractivity contribution in [3.8, 4) is 11.5 Å². The molecule has 1 fully saturated rings. The molecule has 0 aromatic heterocycles. The standard InChI is InChI=1S/C18H16FNO4/c19-13-5-9-15(10-6-13)24-14-7-3-12(4-8-14)17(21)20-11-1-2-16(20)18(22)23/h3-10,16H,1-2,11H2,(H,22,23). The molecule has 2 aromatic rings. The quantitative estimate of drug-likeness (QED) is 0.934. The first-order chi connectivity index (χ1) is 11.5. The Balaban J connectivity index is 1.71. The zero-order valence-electron chi connectivity index (χ0n) is 12.8. The third-order valence-corrected chi connectivity index (χ3v) is 3.95. The Morgan fingerprint density at radius 1 is 1.04 bits per heavy atom. The number of carboxylic acid groups (broad SMARTS) is 1. The molecule has 124 valence electrons. The Labute approximate surface area is 138 Å². The van der Waals surface area contributed by atoms with Gasteiger partial charge in [-0.05, 0) is 61.4 Å². The van der Waals surface area contributed by atoms with Crippen LogP contribution in [0.1, 0.15) is 23.2 Å². The van der Waals surface area contributed by atoms with Gasteiger partial charge < -0.3 is 14.7 Å². The summed E-state index contributed by atoms with van der Waals surface area (Å²) in [5, 5.41) is 9.17. The van der Waals surface area contributed by atoms with Gasteiger partial charge in [0, 0.05) is 12.1 Å². The highest BCUT2D eigenvalue weighted by Gasteiger charge is 2.34. The summed E-state index contributed by atoms with van der Waals surface area (Å²) in [5.41, 5.74) is 0.412. The van der Waals surface area contributed by atoms with Crippen LogP contribution in [-0.2, 0) is 4.79 Å². The van der Waals surface area contributed by atoms with Crippen LogP contribution in [0.25, 0.3) is 0 Å². The summed E-state index contributed by atoms with van der Waals surface area (Å²) in [7, 11) is 0. The maximum atomic E-state index is 12.9. The Morgan fingerprint density at radius 3 is 2.21 bits per heavy atom. The lowest BCUT2D eigenvalue weighted by Crippen LogP contribution is -2.40. The van der Waals surface area contributed by atoms with E-state index in [4.69, 9.17) is 9.84 Å². The molecule has 5 nitrogen and oxygen atoms in total. The van der Waals surface area contributed by atoms with Crippen LogP contribution in [0, 0.1) is 5.82 Å². The van der Waals surface area contributed by atoms with Crippen LogP contribution in [0.4, 0.5) is 4.39 Å². The van der Waals surface area contributed by atoms with Gasteiger partial charge in [-0.1, -0.05) is 0 Å². The second-order valence-electron chi connectivity index (χ2n) is 5.58. The largest absolute Gasteiger partial charge is 0.480 e. The molecule has 0 bridgehead atoms. The van der Waals surface area contributed by atoms with Crippen LogP contribution < -0.4 is 4.74 Å². The summed E-state index contributed by atoms with van der Waals surface area (Å²) in [4.78, 5) is 25.0. The average Bonchev–Trinajstić information content (AvgIpc) is 3.07. The van der Waals surface area contributed by atoms with Crippen LogP contribution in [0.3, 0.4) is 0 Å². The molecular weight excluding hydrogens is 313 g/mol. The minimum absolute atomic E-state index is 0.298. The van der Waals surface area contributed by atoms with Gasteiger partial charge in [0.1, 0.15) is 23.4 Å². The van der Waals surface area contributed by atoms with Gasteiger partial charge in [-0.2, -0.15) is 0 Å². The molecule has 1 N–H and O–H groups in total. The molecule has 2 aromatic carbocycles. The normalized spacial score (nSPS) is 16.9. The van der Waals surface area contributed by atoms with Crippen LogP contribution in [0.15, 0.2) is 48.5 Å². The molecule has 1 amide bonds. The number of nitrogens with zero attached hydrogens (tertiary/aromatic N) is 1. The zero-order chi connectivity index (χ0) is 17.1. The van der Waals surface area contributed by atoms with E-state index >= 15 is 0 Å². The zero-order valence-corrected chi connectivity index (χ0v) is 12.8. The van der Waals surface area contributed by atoms with E-state index in [1.54, 1.807) is 24.3 Å². The van der Waals surface area contributed by atoms with Crippen LogP contribution in [0.5, 0.6) is 11.5 Å². The lowest BCUT2D eigenvalue weighted by atomic mass is 10.1. The number of hydrogen-bond donors (Lipinski definition) is 1. The number of aliphatic carboxylic acids is 1. The molecule has 24 heavy (non-hydrogen) atoms. The van der Waals surface area contributed by atoms with Crippen molar-refractivity contribution in [3.05, 3.63) is 59.9 Å². The van der Waals surface area contributed by atoms with Crippen molar-refractivity contribution in [2.24, 2.45) is 0 Å². The fraction of sp³-hybridized carbons (Fsp3) is 0.222. The van der Waals surface area contributed by atoms with E-state index in [2.05, 4.69) is 0 Å². The molecule has 1 saturated heterocycles. The third kappa shape index (κ3) is 3.37. The number of halogens is 1. The summed E-state index contributed by atoms with van der Waals surface area (Å²) in [6.07, 6.45) is 1.17. The first-order valence-electron chi connectivity index (χ1n) is 7.62. The smallest absolute Gasteiger partial charge is 0.326 e. The number of carbonyl (C=O) groups is 2. The van der Waals surface area contributed by atoms with E-state index in [0.717, 1.165) is 0 Å². The van der Waals surface area contributed by atoms with Crippen molar-refractivity contribution in [2.45, 2.75) is 18.9 Å². The van der Waals surface area contributed by atoms with Gasteiger partial charge in [0.05, 0.1) is 0 Å². The monoisotopic (exact) mass is 329 g/mol. The van der Waals surface area contributed by atoms with Gasteiger partial charge in [0.15, 0.2) is 0 Å². The molecule has 1 unspecified atom stereocenters. The van der Waals surface area contributed by atoms with Crippen LogP contribution in [0.2, 0.25) is 0 Å². The SMILES string of the molecule is O=C(O)C1CCCN1C(=O)c1ccc(Oc2ccc(F)cc2)cc1. The summed E-state index contributed by atoms with van der Waals surface area (Å²) in [5.74, 6) is -0.623. The summed E-state index contributed by atoms with van der Waals surface area (Å²) >= 11 is 0. The number of ether oxygens (including phenoxy) is 1. The van der Waals surface area contributed by atoms with Crippen molar-refractivity contribution in [3.63, 3.8) is 0 Å². The Kier molecular flexibility index (Phi) is 4.46. The van der Waals surface area contributed by atoms with E-state index in [-0.39, 0.29) is 11.7 Å². The van der Waals surface area contributed by atoms with Crippen molar-refractivity contribution in [2.75, 3.05) is 6.54 Å². The van der Waals surface area contributed by atoms with Gasteiger partial charge in [0.2, 0.25) is 0 Å². The number of carbonyl (C=O) groups excluding carboxylic acids is 1. The van der Waals surface area contributed by atoms with Gasteiger partial charge in [-0.15, -0.1) is 0 Å². The molecule has 1 aliphatic heterocycles. The van der Waals surface area contributed by atoms with Crippen LogP contribution >= 0.6 is 0 Å². The van der Waals surface area contributed by atoms with E-state index in [1.165, 1.54) is 29.2 Å². The fourth-order valence-electron chi connectivity index (χ4n) is 2.74. The second-order valence-corrected chi connectivity index (χ2v) is 5.58. The molecule has 0 saturated carbocycles. The van der Waals surface area contributed by atoms with E-state index in [0.29, 0.717) is 36.4 Å². The van der Waals surface area contributed by atoms with Gasteiger partial charge in [-0.3, -0.25) is 4.79 Å². The van der Waals surface area contributed by atoms with Crippen molar-refractivity contribution < 1.29 is 23.8 Å². The highest BCUT2D eigenvalue weighted by Crippen LogP contribution is 2.24. The molecule has 0 spiro atoms. The third-order valence-electron chi connectivity index (χ3n) is 3.95. The first-order valence-corrected chi connectivity index (χ1v) is 7.62. The van der Waals surface area contributed by atoms with Crippen molar-refractivity contribution in [1.29, 1.82) is 0 Å². The maximum absolute atomic E-state index is 12.9. The van der Waals surface area contributed by atoms with Gasteiger partial charge in [-0.25, -0.2) is 9.18 Å². The molecule has 6 heteroatoms. The highest BCUT2D eigenvalue weighted by molar-refractivity contribution is 5.97. The average molecular weight is 329 g/mol. The number of hydrogen-bond acceptors (Lipinski definition) is 3. The van der Waals surface area contributed by atoms with Gasteiger partial charge in [0.25, 0.3) is 5.91 Å². The van der Waals surface area contributed by atoms with Crippen molar-refractivity contribution in [1.82, 2.24) is 4.90 Å². The number of carboxylic acids is 1. The number of likely N-dealkylation sites (tertiary alicyclic amines) is 1. The van der Waals surface area contributed by atoms with Gasteiger partial charge >= 0.3 is 5.97 Å². The highest BCUT2D eigenvalue weighted by atomic mass is 19.1. The number of amides is 1. The minimum atomic E-state index is -0.975. The fourth-order valence-corrected chi connectivity index (χ4v) is 2.74. The lowest BCUT2D eigenvalue weighted by Gasteiger charge is -2.21. The summed E-state index contributed by atoms with van der Waals surface area (Å²) in [6.45, 7) is 0.448. The van der Waals surface area contributed by atoms with Crippen molar-refractivity contribution >= 4 is 11.9 Å². The molecule has 3 rings (SSSR count). The van der Waals surface area contributed by atoms with Crippen LogP contribution in [-0.4, -0.2) is 34.5 Å². The second kappa shape index (κ2) is 6.70. The summed E-state index contributed by atoms with van der Waals surface area (Å²) in [6, 6.07) is 11.3.